The molecular weight excluding hydrogens is 520 g/mol. The Kier molecular flexibility index (Phi) is 12.8. The maximum absolute atomic E-state index is 9.43. The number of hydrogen-bond acceptors (Lipinski definition) is 3. The van der Waals surface area contributed by atoms with E-state index in [4.69, 9.17) is 9.16 Å². The number of ether oxygens (including phenoxy) is 1. The smallest absolute Gasteiger partial charge is 0.261 e. The SMILES string of the molecule is CC/C(=C/[C@@H](CC)[C@H](OCc1ccccc1)[C@H](C)/C=C/CO)CO[Si](c1ccccc1)(c1ccccc1)C(C)(C)C. The van der Waals surface area contributed by atoms with Gasteiger partial charge in [-0.1, -0.05) is 151 Å². The molecule has 3 atom stereocenters. The summed E-state index contributed by atoms with van der Waals surface area (Å²) >= 11 is 0. The molecule has 0 unspecified atom stereocenters. The average Bonchev–Trinajstić information content (AvgIpc) is 2.99. The van der Waals surface area contributed by atoms with Gasteiger partial charge >= 0.3 is 0 Å². The summed E-state index contributed by atoms with van der Waals surface area (Å²) in [7, 11) is -2.63. The standard InChI is InChI=1S/C37H50O3Si/c1-7-31(27-33(8-2)36(30(3)19-18-26-38)39-28-32-20-12-9-13-21-32)29-40-41(37(4,5)6,34-22-14-10-15-23-34)35-24-16-11-17-25-35/h9-25,27,30,33,36,38H,7-8,26,28-29H2,1-6H3/b19-18+,31-27-/t30-,33-,36-/m1/s1. The van der Waals surface area contributed by atoms with Gasteiger partial charge in [0.2, 0.25) is 0 Å². The van der Waals surface area contributed by atoms with E-state index in [9.17, 15) is 5.11 Å². The van der Waals surface area contributed by atoms with Gasteiger partial charge in [0.1, 0.15) is 0 Å². The molecule has 0 amide bonds. The Labute approximate surface area is 250 Å². The van der Waals surface area contributed by atoms with Crippen LogP contribution in [-0.2, 0) is 15.8 Å². The zero-order chi connectivity index (χ0) is 29.7. The highest BCUT2D eigenvalue weighted by atomic mass is 28.4. The van der Waals surface area contributed by atoms with Crippen molar-refractivity contribution in [2.24, 2.45) is 11.8 Å². The van der Waals surface area contributed by atoms with E-state index in [1.54, 1.807) is 0 Å². The predicted molar refractivity (Wildman–Crippen MR) is 176 cm³/mol. The molecule has 0 fully saturated rings. The second kappa shape index (κ2) is 16.0. The first-order valence-corrected chi connectivity index (χ1v) is 17.0. The van der Waals surface area contributed by atoms with Gasteiger partial charge in [0.05, 0.1) is 25.9 Å². The third-order valence-electron chi connectivity index (χ3n) is 8.04. The molecule has 41 heavy (non-hydrogen) atoms. The summed E-state index contributed by atoms with van der Waals surface area (Å²) in [6.45, 7) is 14.8. The van der Waals surface area contributed by atoms with Crippen LogP contribution in [0.2, 0.25) is 5.04 Å². The summed E-state index contributed by atoms with van der Waals surface area (Å²) in [5.74, 6) is 0.373. The van der Waals surface area contributed by atoms with E-state index in [0.717, 1.165) is 12.8 Å². The molecule has 0 heterocycles. The summed E-state index contributed by atoms with van der Waals surface area (Å²) in [5, 5.41) is 12.0. The number of aliphatic hydroxyl groups is 1. The van der Waals surface area contributed by atoms with Gasteiger partial charge in [-0.2, -0.15) is 0 Å². The van der Waals surface area contributed by atoms with E-state index in [2.05, 4.69) is 139 Å². The Hall–Kier alpha value is -2.76. The molecule has 0 aliphatic rings. The molecule has 0 bridgehead atoms. The van der Waals surface area contributed by atoms with Crippen LogP contribution >= 0.6 is 0 Å². The first kappa shape index (κ1) is 32.7. The largest absolute Gasteiger partial charge is 0.403 e. The van der Waals surface area contributed by atoms with Gasteiger partial charge in [0, 0.05) is 11.8 Å². The molecule has 4 heteroatoms. The summed E-state index contributed by atoms with van der Waals surface area (Å²) < 4.78 is 13.9. The lowest BCUT2D eigenvalue weighted by molar-refractivity contribution is -0.0101. The van der Waals surface area contributed by atoms with Crippen molar-refractivity contribution in [1.82, 2.24) is 0 Å². The van der Waals surface area contributed by atoms with Gasteiger partial charge in [-0.25, -0.2) is 0 Å². The zero-order valence-corrected chi connectivity index (χ0v) is 26.9. The van der Waals surface area contributed by atoms with Crippen LogP contribution in [0.3, 0.4) is 0 Å². The summed E-state index contributed by atoms with van der Waals surface area (Å²) in [4.78, 5) is 0. The van der Waals surface area contributed by atoms with Crippen molar-refractivity contribution in [2.75, 3.05) is 13.2 Å². The van der Waals surface area contributed by atoms with Crippen LogP contribution in [0.25, 0.3) is 0 Å². The van der Waals surface area contributed by atoms with Crippen LogP contribution in [0, 0.1) is 11.8 Å². The molecule has 0 aromatic heterocycles. The quantitative estimate of drug-likeness (QED) is 0.150. The van der Waals surface area contributed by atoms with Crippen LogP contribution in [0.5, 0.6) is 0 Å². The Balaban J connectivity index is 1.96. The molecule has 1 N–H and O–H groups in total. The van der Waals surface area contributed by atoms with Crippen molar-refractivity contribution in [3.63, 3.8) is 0 Å². The zero-order valence-electron chi connectivity index (χ0n) is 25.9. The lowest BCUT2D eigenvalue weighted by Crippen LogP contribution is -2.66. The van der Waals surface area contributed by atoms with Gasteiger partial charge in [0.25, 0.3) is 8.32 Å². The molecule has 0 spiro atoms. The minimum atomic E-state index is -2.63. The lowest BCUT2D eigenvalue weighted by atomic mass is 9.87. The third kappa shape index (κ3) is 8.62. The molecule has 0 aliphatic heterocycles. The number of hydrogen-bond donors (Lipinski definition) is 1. The van der Waals surface area contributed by atoms with Gasteiger partial charge in [0.15, 0.2) is 0 Å². The normalized spacial score (nSPS) is 15.1. The fraction of sp³-hybridized carbons (Fsp3) is 0.405. The van der Waals surface area contributed by atoms with Crippen LogP contribution in [-0.4, -0.2) is 32.7 Å². The van der Waals surface area contributed by atoms with Crippen molar-refractivity contribution in [2.45, 2.75) is 72.1 Å². The average molecular weight is 571 g/mol. The second-order valence-corrected chi connectivity index (χ2v) is 16.2. The molecule has 3 rings (SSSR count). The monoisotopic (exact) mass is 570 g/mol. The molecule has 0 saturated carbocycles. The molecule has 3 aromatic rings. The second-order valence-electron chi connectivity index (χ2n) is 11.9. The fourth-order valence-corrected chi connectivity index (χ4v) is 10.4. The van der Waals surface area contributed by atoms with Crippen molar-refractivity contribution in [3.05, 3.63) is 120 Å². The van der Waals surface area contributed by atoms with E-state index in [-0.39, 0.29) is 29.6 Å². The molecule has 3 nitrogen and oxygen atoms in total. The Bertz CT molecular complexity index is 1160. The lowest BCUT2D eigenvalue weighted by Gasteiger charge is -2.43. The summed E-state index contributed by atoms with van der Waals surface area (Å²) in [5.41, 5.74) is 2.47. The Morgan fingerprint density at radius 1 is 0.854 bits per heavy atom. The van der Waals surface area contributed by atoms with Gasteiger partial charge in [-0.3, -0.25) is 0 Å². The topological polar surface area (TPSA) is 38.7 Å². The first-order chi connectivity index (χ1) is 19.8. The minimum Gasteiger partial charge on any atom is -0.403 e. The van der Waals surface area contributed by atoms with Gasteiger partial charge in [-0.05, 0) is 39.4 Å². The number of rotatable bonds is 15. The predicted octanol–water partition coefficient (Wildman–Crippen LogP) is 7.70. The highest BCUT2D eigenvalue weighted by Crippen LogP contribution is 2.37. The molecule has 0 saturated heterocycles. The highest BCUT2D eigenvalue weighted by Gasteiger charge is 2.50. The molecule has 3 aromatic carbocycles. The Morgan fingerprint density at radius 2 is 1.39 bits per heavy atom. The Morgan fingerprint density at radius 3 is 1.85 bits per heavy atom. The highest BCUT2D eigenvalue weighted by molar-refractivity contribution is 6.99. The molecular formula is C37H50O3Si. The van der Waals surface area contributed by atoms with E-state index in [1.165, 1.54) is 21.5 Å². The molecule has 0 aliphatic carbocycles. The van der Waals surface area contributed by atoms with Crippen molar-refractivity contribution in [3.8, 4) is 0 Å². The maximum Gasteiger partial charge on any atom is 0.261 e. The van der Waals surface area contributed by atoms with E-state index in [1.807, 2.05) is 12.1 Å². The van der Waals surface area contributed by atoms with Crippen LogP contribution in [0.1, 0.15) is 59.9 Å². The van der Waals surface area contributed by atoms with Crippen LogP contribution < -0.4 is 10.4 Å². The number of benzene rings is 3. The molecule has 0 radical (unpaired) electrons. The number of aliphatic hydroxyl groups excluding tert-OH is 1. The van der Waals surface area contributed by atoms with Gasteiger partial charge in [-0.15, -0.1) is 0 Å². The van der Waals surface area contributed by atoms with Crippen molar-refractivity contribution >= 4 is 18.7 Å². The molecule has 220 valence electrons. The van der Waals surface area contributed by atoms with Gasteiger partial charge < -0.3 is 14.3 Å². The van der Waals surface area contributed by atoms with Crippen LogP contribution in [0.4, 0.5) is 0 Å². The van der Waals surface area contributed by atoms with E-state index >= 15 is 0 Å². The summed E-state index contributed by atoms with van der Waals surface area (Å²) in [6.07, 6.45) is 8.18. The third-order valence-corrected chi connectivity index (χ3v) is 13.0. The van der Waals surface area contributed by atoms with E-state index < -0.39 is 8.32 Å². The maximum atomic E-state index is 9.43. The first-order valence-electron chi connectivity index (χ1n) is 15.1. The van der Waals surface area contributed by atoms with E-state index in [0.29, 0.717) is 13.2 Å². The minimum absolute atomic E-state index is 0.0163. The van der Waals surface area contributed by atoms with Crippen molar-refractivity contribution < 1.29 is 14.3 Å². The summed E-state index contributed by atoms with van der Waals surface area (Å²) in [6, 6.07) is 32.0. The van der Waals surface area contributed by atoms with Crippen LogP contribution in [0.15, 0.2) is 115 Å². The fourth-order valence-electron chi connectivity index (χ4n) is 5.80. The van der Waals surface area contributed by atoms with Crippen molar-refractivity contribution in [1.29, 1.82) is 0 Å².